The fourth-order valence-corrected chi connectivity index (χ4v) is 5.92. The van der Waals surface area contributed by atoms with Gasteiger partial charge in [0, 0.05) is 49.9 Å². The molecule has 4 rings (SSSR count). The molecule has 3 amide bonds. The molecule has 1 aliphatic heterocycles. The molecular formula is C30H41N5O5S. The van der Waals surface area contributed by atoms with Crippen molar-refractivity contribution in [1.82, 2.24) is 14.6 Å². The van der Waals surface area contributed by atoms with E-state index in [1.54, 1.807) is 12.3 Å². The fraction of sp³-hybridized carbons (Fsp3) is 0.533. The number of benzene rings is 1. The second-order valence-corrected chi connectivity index (χ2v) is 13.9. The number of amides is 3. The number of carbonyl (C=O) groups excluding carboxylic acids is 3. The summed E-state index contributed by atoms with van der Waals surface area (Å²) in [4.78, 5) is 46.7. The molecule has 2 heterocycles. The third-order valence-corrected chi connectivity index (χ3v) is 9.27. The molecule has 0 bridgehead atoms. The molecule has 41 heavy (non-hydrogen) atoms. The summed E-state index contributed by atoms with van der Waals surface area (Å²) in [6.07, 6.45) is 3.75. The van der Waals surface area contributed by atoms with Crippen molar-refractivity contribution < 1.29 is 22.8 Å². The van der Waals surface area contributed by atoms with Gasteiger partial charge in [0.25, 0.3) is 5.91 Å². The van der Waals surface area contributed by atoms with E-state index in [0.29, 0.717) is 57.4 Å². The van der Waals surface area contributed by atoms with Gasteiger partial charge in [-0.2, -0.15) is 0 Å². The first-order valence-corrected chi connectivity index (χ1v) is 16.0. The van der Waals surface area contributed by atoms with Crippen LogP contribution in [0.15, 0.2) is 42.6 Å². The summed E-state index contributed by atoms with van der Waals surface area (Å²) >= 11 is 0. The van der Waals surface area contributed by atoms with Crippen molar-refractivity contribution >= 4 is 39.3 Å². The van der Waals surface area contributed by atoms with Gasteiger partial charge in [-0.1, -0.05) is 32.9 Å². The first-order valence-electron chi connectivity index (χ1n) is 14.3. The van der Waals surface area contributed by atoms with E-state index >= 15 is 0 Å². The van der Waals surface area contributed by atoms with Crippen LogP contribution in [0.1, 0.15) is 69.3 Å². The molecule has 2 aliphatic rings. The van der Waals surface area contributed by atoms with Gasteiger partial charge >= 0.3 is 0 Å². The summed E-state index contributed by atoms with van der Waals surface area (Å²) < 4.78 is 25.5. The van der Waals surface area contributed by atoms with Gasteiger partial charge in [-0.25, -0.2) is 13.4 Å². The molecule has 11 heteroatoms. The number of hydrogen-bond donors (Lipinski definition) is 2. The highest BCUT2D eigenvalue weighted by molar-refractivity contribution is 7.90. The van der Waals surface area contributed by atoms with E-state index < -0.39 is 15.9 Å². The predicted octanol–water partition coefficient (Wildman–Crippen LogP) is 3.55. The number of hydrogen-bond acceptors (Lipinski definition) is 7. The number of nitrogens with one attached hydrogen (secondary N) is 2. The van der Waals surface area contributed by atoms with E-state index in [1.165, 1.54) is 6.92 Å². The van der Waals surface area contributed by atoms with E-state index in [4.69, 9.17) is 0 Å². The van der Waals surface area contributed by atoms with Crippen LogP contribution < -0.4 is 14.9 Å². The molecule has 2 N–H and O–H groups in total. The summed E-state index contributed by atoms with van der Waals surface area (Å²) in [6, 6.07) is 11.5. The average Bonchev–Trinajstić information content (AvgIpc) is 2.96. The maximum Gasteiger partial charge on any atom is 0.257 e. The Hall–Kier alpha value is -3.47. The highest BCUT2D eigenvalue weighted by Gasteiger charge is 2.34. The number of pyridine rings is 1. The van der Waals surface area contributed by atoms with Gasteiger partial charge in [0.05, 0.1) is 11.3 Å². The van der Waals surface area contributed by atoms with Crippen LogP contribution in [-0.4, -0.2) is 68.0 Å². The second kappa shape index (κ2) is 12.6. The minimum Gasteiger partial charge on any atom is -0.353 e. The quantitative estimate of drug-likeness (QED) is 0.510. The Bertz CT molecular complexity index is 1350. The Morgan fingerprint density at radius 1 is 0.951 bits per heavy atom. The normalized spacial score (nSPS) is 19.9. The lowest BCUT2D eigenvalue weighted by Crippen LogP contribution is -2.51. The van der Waals surface area contributed by atoms with Crippen molar-refractivity contribution in [3.05, 3.63) is 53.7 Å². The minimum atomic E-state index is -3.57. The third kappa shape index (κ3) is 7.84. The number of rotatable bonds is 7. The van der Waals surface area contributed by atoms with Gasteiger partial charge in [-0.3, -0.25) is 19.1 Å². The second-order valence-electron chi connectivity index (χ2n) is 11.9. The smallest absolute Gasteiger partial charge is 0.257 e. The third-order valence-electron chi connectivity index (χ3n) is 8.00. The van der Waals surface area contributed by atoms with E-state index in [-0.39, 0.29) is 34.8 Å². The van der Waals surface area contributed by atoms with Gasteiger partial charge in [0.15, 0.2) is 0 Å². The first kappa shape index (κ1) is 30.5. The number of nitrogens with zero attached hydrogens (tertiary/aromatic N) is 3. The highest BCUT2D eigenvalue weighted by Crippen LogP contribution is 2.31. The van der Waals surface area contributed by atoms with Crippen LogP contribution in [0, 0.1) is 11.8 Å². The Morgan fingerprint density at radius 3 is 2.20 bits per heavy atom. The molecule has 0 spiro atoms. The molecule has 1 saturated heterocycles. The molecule has 0 atom stereocenters. The SMILES string of the molecule is CCS(=O)(=O)NC(=O)C1CCC(C(=O)N2CCN(c3ccc(C(=O)Nc4cccc(C(C)(C)C)c4)cn3)CC2)CC1. The predicted molar refractivity (Wildman–Crippen MR) is 159 cm³/mol. The number of carbonyl (C=O) groups is 3. The van der Waals surface area contributed by atoms with Crippen molar-refractivity contribution in [2.45, 2.75) is 58.8 Å². The topological polar surface area (TPSA) is 129 Å². The lowest BCUT2D eigenvalue weighted by atomic mass is 9.81. The zero-order valence-corrected chi connectivity index (χ0v) is 25.2. The maximum atomic E-state index is 13.1. The van der Waals surface area contributed by atoms with Crippen molar-refractivity contribution in [2.75, 3.05) is 42.1 Å². The molecular weight excluding hydrogens is 542 g/mol. The molecule has 0 radical (unpaired) electrons. The molecule has 1 saturated carbocycles. The van der Waals surface area contributed by atoms with Gasteiger partial charge < -0.3 is 15.1 Å². The molecule has 222 valence electrons. The number of anilines is 2. The summed E-state index contributed by atoms with van der Waals surface area (Å²) in [5, 5.41) is 2.95. The number of sulfonamides is 1. The molecule has 2 fully saturated rings. The van der Waals surface area contributed by atoms with E-state index in [9.17, 15) is 22.8 Å². The van der Waals surface area contributed by atoms with Crippen molar-refractivity contribution in [1.29, 1.82) is 0 Å². The lowest BCUT2D eigenvalue weighted by Gasteiger charge is -2.38. The zero-order valence-electron chi connectivity index (χ0n) is 24.4. The minimum absolute atomic E-state index is 0.0165. The molecule has 0 unspecified atom stereocenters. The van der Waals surface area contributed by atoms with Gasteiger partial charge in [-0.15, -0.1) is 0 Å². The van der Waals surface area contributed by atoms with Crippen LogP contribution in [0.25, 0.3) is 0 Å². The van der Waals surface area contributed by atoms with E-state index in [2.05, 4.69) is 46.8 Å². The van der Waals surface area contributed by atoms with Crippen molar-refractivity contribution in [2.24, 2.45) is 11.8 Å². The first-order chi connectivity index (χ1) is 19.4. The van der Waals surface area contributed by atoms with Crippen molar-refractivity contribution in [3.63, 3.8) is 0 Å². The molecule has 1 aromatic carbocycles. The Labute approximate surface area is 242 Å². The monoisotopic (exact) mass is 583 g/mol. The van der Waals surface area contributed by atoms with E-state index in [1.807, 2.05) is 29.2 Å². The van der Waals surface area contributed by atoms with Gasteiger partial charge in [-0.05, 0) is 67.9 Å². The standard InChI is InChI=1S/C30H41N5O5S/c1-5-41(39,40)33-28(37)21-9-11-22(12-10-21)29(38)35-17-15-34(16-18-35)26-14-13-23(20-31-26)27(36)32-25-8-6-7-24(19-25)30(2,3)4/h6-8,13-14,19-22H,5,9-12,15-18H2,1-4H3,(H,32,36)(H,33,37). The number of piperazine rings is 1. The number of aromatic nitrogens is 1. The molecule has 2 aromatic rings. The van der Waals surface area contributed by atoms with Crippen LogP contribution in [0.3, 0.4) is 0 Å². The van der Waals surface area contributed by atoms with Crippen LogP contribution in [0.2, 0.25) is 0 Å². The molecule has 1 aliphatic carbocycles. The van der Waals surface area contributed by atoms with Crippen LogP contribution in [-0.2, 0) is 25.0 Å². The van der Waals surface area contributed by atoms with E-state index in [0.717, 1.165) is 17.1 Å². The maximum absolute atomic E-state index is 13.1. The fourth-order valence-electron chi connectivity index (χ4n) is 5.30. The lowest BCUT2D eigenvalue weighted by molar-refractivity contribution is -0.138. The summed E-state index contributed by atoms with van der Waals surface area (Å²) in [5.41, 5.74) is 2.34. The van der Waals surface area contributed by atoms with Gasteiger partial charge in [0.1, 0.15) is 5.82 Å². The highest BCUT2D eigenvalue weighted by atomic mass is 32.2. The Morgan fingerprint density at radius 2 is 1.61 bits per heavy atom. The summed E-state index contributed by atoms with van der Waals surface area (Å²) in [5.74, 6) is -0.477. The summed E-state index contributed by atoms with van der Waals surface area (Å²) in [6.45, 7) is 10.3. The Kier molecular flexibility index (Phi) is 9.36. The zero-order chi connectivity index (χ0) is 29.8. The average molecular weight is 584 g/mol. The molecule has 1 aromatic heterocycles. The summed E-state index contributed by atoms with van der Waals surface area (Å²) in [7, 11) is -3.57. The Balaban J connectivity index is 1.25. The molecule has 10 nitrogen and oxygen atoms in total. The van der Waals surface area contributed by atoms with Crippen LogP contribution >= 0.6 is 0 Å². The van der Waals surface area contributed by atoms with Crippen molar-refractivity contribution in [3.8, 4) is 0 Å². The largest absolute Gasteiger partial charge is 0.353 e. The van der Waals surface area contributed by atoms with Crippen LogP contribution in [0.5, 0.6) is 0 Å². The van der Waals surface area contributed by atoms with Crippen LogP contribution in [0.4, 0.5) is 11.5 Å². The van der Waals surface area contributed by atoms with Gasteiger partial charge in [0.2, 0.25) is 21.8 Å².